The lowest BCUT2D eigenvalue weighted by atomic mass is 10.1. The maximum Gasteiger partial charge on any atom is 0.314 e. The minimum atomic E-state index is -0.617. The lowest BCUT2D eigenvalue weighted by molar-refractivity contribution is -0.130. The first-order valence-electron chi connectivity index (χ1n) is 6.33. The number of carbonyl (C=O) groups excluding carboxylic acids is 3. The predicted molar refractivity (Wildman–Crippen MR) is 73.1 cm³/mol. The van der Waals surface area contributed by atoms with E-state index in [9.17, 15) is 18.8 Å². The van der Waals surface area contributed by atoms with E-state index in [-0.39, 0.29) is 18.3 Å². The Bertz CT molecular complexity index is 561. The highest BCUT2D eigenvalue weighted by atomic mass is 19.1. The van der Waals surface area contributed by atoms with E-state index in [2.05, 4.69) is 16.0 Å². The van der Waals surface area contributed by atoms with Gasteiger partial charge in [0, 0.05) is 12.7 Å². The summed E-state index contributed by atoms with van der Waals surface area (Å²) in [5.74, 6) is -1.09. The lowest BCUT2D eigenvalue weighted by Crippen LogP contribution is -2.65. The van der Waals surface area contributed by atoms with E-state index < -0.39 is 18.0 Å². The summed E-state index contributed by atoms with van der Waals surface area (Å²) < 4.78 is 12.8. The first-order valence-corrected chi connectivity index (χ1v) is 6.33. The van der Waals surface area contributed by atoms with Crippen LogP contribution in [0.2, 0.25) is 0 Å². The summed E-state index contributed by atoms with van der Waals surface area (Å²) in [6, 6.07) is 4.44. The van der Waals surface area contributed by atoms with E-state index in [1.807, 2.05) is 0 Å². The summed E-state index contributed by atoms with van der Waals surface area (Å²) in [4.78, 5) is 35.8. The molecule has 1 aromatic rings. The molecule has 1 fully saturated rings. The summed E-state index contributed by atoms with van der Waals surface area (Å²) in [7, 11) is 1.43. The Labute approximate surface area is 120 Å². The van der Waals surface area contributed by atoms with Gasteiger partial charge in [0.05, 0.1) is 13.1 Å². The SMILES string of the molecule is CNC(=O)NCC(=O)NC1CN(c2ccc(F)cc2)C1=O. The third-order valence-electron chi connectivity index (χ3n) is 3.04. The molecule has 1 aliphatic rings. The smallest absolute Gasteiger partial charge is 0.314 e. The third-order valence-corrected chi connectivity index (χ3v) is 3.04. The average Bonchev–Trinajstić information content (AvgIpc) is 2.49. The first-order chi connectivity index (χ1) is 10.0. The Morgan fingerprint density at radius 2 is 2.00 bits per heavy atom. The minimum Gasteiger partial charge on any atom is -0.341 e. The molecule has 1 aliphatic heterocycles. The van der Waals surface area contributed by atoms with Crippen molar-refractivity contribution in [2.75, 3.05) is 25.0 Å². The fourth-order valence-electron chi connectivity index (χ4n) is 1.88. The predicted octanol–water partition coefficient (Wildman–Crippen LogP) is -0.414. The van der Waals surface area contributed by atoms with Crippen LogP contribution >= 0.6 is 0 Å². The Kier molecular flexibility index (Phi) is 4.36. The summed E-state index contributed by atoms with van der Waals surface area (Å²) in [5.41, 5.74) is 0.579. The highest BCUT2D eigenvalue weighted by Crippen LogP contribution is 2.22. The van der Waals surface area contributed by atoms with E-state index in [0.717, 1.165) is 0 Å². The van der Waals surface area contributed by atoms with Gasteiger partial charge in [0.1, 0.15) is 11.9 Å². The van der Waals surface area contributed by atoms with E-state index in [1.165, 1.54) is 36.2 Å². The van der Waals surface area contributed by atoms with Gasteiger partial charge in [-0.2, -0.15) is 0 Å². The van der Waals surface area contributed by atoms with E-state index in [4.69, 9.17) is 0 Å². The second-order valence-corrected chi connectivity index (χ2v) is 4.48. The molecule has 1 aromatic carbocycles. The first kappa shape index (κ1) is 14.8. The van der Waals surface area contributed by atoms with Crippen LogP contribution in [0.15, 0.2) is 24.3 Å². The maximum atomic E-state index is 12.8. The van der Waals surface area contributed by atoms with Crippen molar-refractivity contribution in [3.05, 3.63) is 30.1 Å². The number of β-lactam (4-membered cyclic amide) rings is 1. The zero-order valence-corrected chi connectivity index (χ0v) is 11.4. The molecule has 4 amide bonds. The number of hydrogen-bond donors (Lipinski definition) is 3. The highest BCUT2D eigenvalue weighted by molar-refractivity contribution is 6.05. The zero-order valence-electron chi connectivity index (χ0n) is 11.4. The number of nitrogens with one attached hydrogen (secondary N) is 3. The van der Waals surface area contributed by atoms with Crippen LogP contribution in [-0.2, 0) is 9.59 Å². The van der Waals surface area contributed by atoms with Crippen molar-refractivity contribution in [2.45, 2.75) is 6.04 Å². The van der Waals surface area contributed by atoms with Crippen LogP contribution in [0.25, 0.3) is 0 Å². The second kappa shape index (κ2) is 6.21. The molecule has 0 aromatic heterocycles. The molecule has 1 saturated heterocycles. The average molecular weight is 294 g/mol. The quantitative estimate of drug-likeness (QED) is 0.659. The fourth-order valence-corrected chi connectivity index (χ4v) is 1.88. The van der Waals surface area contributed by atoms with Gasteiger partial charge < -0.3 is 20.9 Å². The van der Waals surface area contributed by atoms with Crippen molar-refractivity contribution in [3.63, 3.8) is 0 Å². The normalized spacial score (nSPS) is 17.0. The molecule has 0 bridgehead atoms. The maximum absolute atomic E-state index is 12.8. The topological polar surface area (TPSA) is 90.5 Å². The summed E-state index contributed by atoms with van der Waals surface area (Å²) >= 11 is 0. The standard InChI is InChI=1S/C13H15FN4O3/c1-15-13(21)16-6-11(19)17-10-7-18(12(10)20)9-4-2-8(14)3-5-9/h2-5,10H,6-7H2,1H3,(H,17,19)(H2,15,16,21). The van der Waals surface area contributed by atoms with Gasteiger partial charge in [-0.3, -0.25) is 9.59 Å². The minimum absolute atomic E-state index is 0.208. The Hall–Kier alpha value is -2.64. The number of benzene rings is 1. The van der Waals surface area contributed by atoms with Gasteiger partial charge in [-0.15, -0.1) is 0 Å². The number of nitrogens with zero attached hydrogens (tertiary/aromatic N) is 1. The number of hydrogen-bond acceptors (Lipinski definition) is 3. The van der Waals surface area contributed by atoms with Crippen LogP contribution in [0, 0.1) is 5.82 Å². The molecular formula is C13H15FN4O3. The van der Waals surface area contributed by atoms with Gasteiger partial charge in [0.25, 0.3) is 5.91 Å². The van der Waals surface area contributed by atoms with Gasteiger partial charge in [-0.1, -0.05) is 0 Å². The van der Waals surface area contributed by atoms with E-state index in [1.54, 1.807) is 0 Å². The molecule has 112 valence electrons. The Morgan fingerprint density at radius 1 is 1.33 bits per heavy atom. The van der Waals surface area contributed by atoms with Crippen LogP contribution in [-0.4, -0.2) is 44.0 Å². The molecule has 1 heterocycles. The molecule has 3 N–H and O–H groups in total. The molecule has 2 rings (SSSR count). The molecule has 8 heteroatoms. The van der Waals surface area contributed by atoms with Crippen LogP contribution in [0.5, 0.6) is 0 Å². The van der Waals surface area contributed by atoms with Crippen molar-refractivity contribution in [1.82, 2.24) is 16.0 Å². The Balaban J connectivity index is 1.81. The molecular weight excluding hydrogens is 279 g/mol. The molecule has 0 spiro atoms. The summed E-state index contributed by atoms with van der Waals surface area (Å²) in [6.45, 7) is 0.107. The van der Waals surface area contributed by atoms with Gasteiger partial charge in [-0.25, -0.2) is 9.18 Å². The van der Waals surface area contributed by atoms with Crippen LogP contribution < -0.4 is 20.9 Å². The number of rotatable bonds is 4. The van der Waals surface area contributed by atoms with Gasteiger partial charge in [-0.05, 0) is 24.3 Å². The molecule has 0 aliphatic carbocycles. The van der Waals surface area contributed by atoms with Crippen molar-refractivity contribution in [3.8, 4) is 0 Å². The molecule has 21 heavy (non-hydrogen) atoms. The number of anilines is 1. The molecule has 1 atom stereocenters. The Morgan fingerprint density at radius 3 is 2.57 bits per heavy atom. The fraction of sp³-hybridized carbons (Fsp3) is 0.308. The number of urea groups is 1. The number of amides is 4. The van der Waals surface area contributed by atoms with E-state index in [0.29, 0.717) is 12.2 Å². The molecule has 1 unspecified atom stereocenters. The zero-order chi connectivity index (χ0) is 15.4. The number of halogens is 1. The molecule has 0 saturated carbocycles. The highest BCUT2D eigenvalue weighted by Gasteiger charge is 2.38. The van der Waals surface area contributed by atoms with Crippen LogP contribution in [0.3, 0.4) is 0 Å². The summed E-state index contributed by atoms with van der Waals surface area (Å²) in [6.07, 6.45) is 0. The second-order valence-electron chi connectivity index (χ2n) is 4.48. The van der Waals surface area contributed by atoms with Gasteiger partial charge in [0.15, 0.2) is 0 Å². The third kappa shape index (κ3) is 3.47. The summed E-state index contributed by atoms with van der Waals surface area (Å²) in [5, 5.41) is 7.14. The van der Waals surface area contributed by atoms with Crippen LogP contribution in [0.4, 0.5) is 14.9 Å². The van der Waals surface area contributed by atoms with E-state index >= 15 is 0 Å². The number of carbonyl (C=O) groups is 3. The van der Waals surface area contributed by atoms with Crippen LogP contribution in [0.1, 0.15) is 0 Å². The lowest BCUT2D eigenvalue weighted by Gasteiger charge is -2.38. The van der Waals surface area contributed by atoms with Crippen molar-refractivity contribution in [2.24, 2.45) is 0 Å². The van der Waals surface area contributed by atoms with Crippen molar-refractivity contribution in [1.29, 1.82) is 0 Å². The molecule has 0 radical (unpaired) electrons. The largest absolute Gasteiger partial charge is 0.341 e. The van der Waals surface area contributed by atoms with Crippen molar-refractivity contribution < 1.29 is 18.8 Å². The molecule has 7 nitrogen and oxygen atoms in total. The van der Waals surface area contributed by atoms with Gasteiger partial charge >= 0.3 is 6.03 Å². The van der Waals surface area contributed by atoms with Gasteiger partial charge in [0.2, 0.25) is 5.91 Å². The monoisotopic (exact) mass is 294 g/mol. The van der Waals surface area contributed by atoms with Crippen molar-refractivity contribution >= 4 is 23.5 Å².